The highest BCUT2D eigenvalue weighted by atomic mass is 19.1. The van der Waals surface area contributed by atoms with Crippen LogP contribution in [0.5, 0.6) is 0 Å². The first kappa shape index (κ1) is 12.5. The standard InChI is InChI=1S/C14H16FN3/c1-8(2)12-7-13(16)18-14(17-12)10-4-5-11(15)9(3)6-10/h4-8H,1-3H3,(H2,16,17,18). The Bertz CT molecular complexity index is 579. The second-order valence-electron chi connectivity index (χ2n) is 4.66. The molecule has 4 heteroatoms. The van der Waals surface area contributed by atoms with Gasteiger partial charge in [-0.2, -0.15) is 0 Å². The minimum Gasteiger partial charge on any atom is -0.384 e. The third kappa shape index (κ3) is 2.47. The van der Waals surface area contributed by atoms with Crippen LogP contribution < -0.4 is 5.73 Å². The van der Waals surface area contributed by atoms with E-state index >= 15 is 0 Å². The van der Waals surface area contributed by atoms with E-state index in [9.17, 15) is 4.39 Å². The Hall–Kier alpha value is -1.97. The van der Waals surface area contributed by atoms with Gasteiger partial charge in [0.15, 0.2) is 5.82 Å². The number of halogens is 1. The lowest BCUT2D eigenvalue weighted by atomic mass is 10.1. The van der Waals surface area contributed by atoms with Crippen LogP contribution in [0.3, 0.4) is 0 Å². The predicted octanol–water partition coefficient (Wildman–Crippen LogP) is 3.30. The molecule has 0 aliphatic heterocycles. The van der Waals surface area contributed by atoms with E-state index < -0.39 is 0 Å². The highest BCUT2D eigenvalue weighted by molar-refractivity contribution is 5.58. The van der Waals surface area contributed by atoms with Crippen LogP contribution in [-0.4, -0.2) is 9.97 Å². The quantitative estimate of drug-likeness (QED) is 0.883. The molecule has 1 aromatic heterocycles. The van der Waals surface area contributed by atoms with Gasteiger partial charge in [-0.05, 0) is 36.6 Å². The van der Waals surface area contributed by atoms with Crippen molar-refractivity contribution < 1.29 is 4.39 Å². The highest BCUT2D eigenvalue weighted by Crippen LogP contribution is 2.22. The zero-order valence-corrected chi connectivity index (χ0v) is 10.7. The van der Waals surface area contributed by atoms with Gasteiger partial charge in [-0.25, -0.2) is 14.4 Å². The summed E-state index contributed by atoms with van der Waals surface area (Å²) in [6.45, 7) is 5.80. The molecule has 2 N–H and O–H groups in total. The second-order valence-corrected chi connectivity index (χ2v) is 4.66. The summed E-state index contributed by atoms with van der Waals surface area (Å²) in [6, 6.07) is 6.59. The van der Waals surface area contributed by atoms with Crippen molar-refractivity contribution >= 4 is 5.82 Å². The zero-order valence-electron chi connectivity index (χ0n) is 10.7. The highest BCUT2D eigenvalue weighted by Gasteiger charge is 2.09. The second kappa shape index (κ2) is 4.72. The summed E-state index contributed by atoms with van der Waals surface area (Å²) in [5.74, 6) is 1.02. The smallest absolute Gasteiger partial charge is 0.161 e. The molecule has 0 aliphatic carbocycles. The molecule has 0 fully saturated rings. The van der Waals surface area contributed by atoms with Crippen LogP contribution in [0.2, 0.25) is 0 Å². The van der Waals surface area contributed by atoms with Crippen molar-refractivity contribution in [2.45, 2.75) is 26.7 Å². The average molecular weight is 245 g/mol. The monoisotopic (exact) mass is 245 g/mol. The number of hydrogen-bond acceptors (Lipinski definition) is 3. The van der Waals surface area contributed by atoms with E-state index in [0.29, 0.717) is 17.2 Å². The lowest BCUT2D eigenvalue weighted by molar-refractivity contribution is 0.618. The Kier molecular flexibility index (Phi) is 3.28. The number of aryl methyl sites for hydroxylation is 1. The molecule has 0 radical (unpaired) electrons. The van der Waals surface area contributed by atoms with Gasteiger partial charge in [-0.1, -0.05) is 13.8 Å². The van der Waals surface area contributed by atoms with Crippen LogP contribution in [0, 0.1) is 12.7 Å². The number of nitrogens with zero attached hydrogens (tertiary/aromatic N) is 2. The molecule has 0 spiro atoms. The maximum absolute atomic E-state index is 13.2. The molecule has 0 amide bonds. The molecule has 94 valence electrons. The molecule has 0 saturated carbocycles. The first-order chi connectivity index (χ1) is 8.47. The van der Waals surface area contributed by atoms with Crippen LogP contribution in [0.15, 0.2) is 24.3 Å². The molecule has 1 aromatic carbocycles. The fraction of sp³-hybridized carbons (Fsp3) is 0.286. The van der Waals surface area contributed by atoms with E-state index in [2.05, 4.69) is 9.97 Å². The van der Waals surface area contributed by atoms with E-state index in [4.69, 9.17) is 5.73 Å². The van der Waals surface area contributed by atoms with Crippen LogP contribution in [0.25, 0.3) is 11.4 Å². The summed E-state index contributed by atoms with van der Waals surface area (Å²) in [4.78, 5) is 8.66. The maximum Gasteiger partial charge on any atom is 0.161 e. The van der Waals surface area contributed by atoms with Gasteiger partial charge < -0.3 is 5.73 Å². The fourth-order valence-electron chi connectivity index (χ4n) is 1.69. The molecule has 0 saturated heterocycles. The van der Waals surface area contributed by atoms with Crippen molar-refractivity contribution in [1.29, 1.82) is 0 Å². The molecule has 0 bridgehead atoms. The Morgan fingerprint density at radius 2 is 1.89 bits per heavy atom. The Labute approximate surface area is 106 Å². The summed E-state index contributed by atoms with van der Waals surface area (Å²) in [6.07, 6.45) is 0. The van der Waals surface area contributed by atoms with E-state index in [1.807, 2.05) is 13.8 Å². The summed E-state index contributed by atoms with van der Waals surface area (Å²) in [5.41, 5.74) is 8.02. The van der Waals surface area contributed by atoms with Gasteiger partial charge in [0.25, 0.3) is 0 Å². The molecule has 0 aliphatic rings. The van der Waals surface area contributed by atoms with E-state index in [1.165, 1.54) is 6.07 Å². The molecular weight excluding hydrogens is 229 g/mol. The van der Waals surface area contributed by atoms with Gasteiger partial charge in [0.05, 0.1) is 0 Å². The van der Waals surface area contributed by atoms with E-state index in [-0.39, 0.29) is 11.7 Å². The number of nitrogens with two attached hydrogens (primary N) is 1. The van der Waals surface area contributed by atoms with Crippen LogP contribution >= 0.6 is 0 Å². The Balaban J connectivity index is 2.53. The number of anilines is 1. The molecule has 2 aromatic rings. The molecule has 3 nitrogen and oxygen atoms in total. The largest absolute Gasteiger partial charge is 0.384 e. The number of benzene rings is 1. The van der Waals surface area contributed by atoms with E-state index in [0.717, 1.165) is 11.3 Å². The Morgan fingerprint density at radius 1 is 1.17 bits per heavy atom. The molecular formula is C14H16FN3. The predicted molar refractivity (Wildman–Crippen MR) is 70.7 cm³/mol. The number of hydrogen-bond donors (Lipinski definition) is 1. The molecule has 0 unspecified atom stereocenters. The Morgan fingerprint density at radius 3 is 2.50 bits per heavy atom. The third-order valence-electron chi connectivity index (χ3n) is 2.77. The van der Waals surface area contributed by atoms with Crippen LogP contribution in [0.1, 0.15) is 31.0 Å². The lowest BCUT2D eigenvalue weighted by Crippen LogP contribution is -2.02. The van der Waals surface area contributed by atoms with Crippen molar-refractivity contribution in [1.82, 2.24) is 9.97 Å². The normalized spacial score (nSPS) is 10.9. The molecule has 18 heavy (non-hydrogen) atoms. The minimum atomic E-state index is -0.230. The topological polar surface area (TPSA) is 51.8 Å². The van der Waals surface area contributed by atoms with Gasteiger partial charge in [0.2, 0.25) is 0 Å². The van der Waals surface area contributed by atoms with Crippen molar-refractivity contribution in [3.05, 3.63) is 41.3 Å². The van der Waals surface area contributed by atoms with Gasteiger partial charge in [-0.15, -0.1) is 0 Å². The van der Waals surface area contributed by atoms with Crippen molar-refractivity contribution in [2.24, 2.45) is 0 Å². The van der Waals surface area contributed by atoms with Crippen molar-refractivity contribution in [2.75, 3.05) is 5.73 Å². The molecule has 0 atom stereocenters. The van der Waals surface area contributed by atoms with Gasteiger partial charge in [-0.3, -0.25) is 0 Å². The molecule has 1 heterocycles. The van der Waals surface area contributed by atoms with Gasteiger partial charge >= 0.3 is 0 Å². The third-order valence-corrected chi connectivity index (χ3v) is 2.77. The van der Waals surface area contributed by atoms with Gasteiger partial charge in [0, 0.05) is 17.3 Å². The number of aromatic nitrogens is 2. The zero-order chi connectivity index (χ0) is 13.3. The minimum absolute atomic E-state index is 0.230. The number of nitrogen functional groups attached to an aromatic ring is 1. The SMILES string of the molecule is Cc1cc(-c2nc(N)cc(C(C)C)n2)ccc1F. The van der Waals surface area contributed by atoms with Gasteiger partial charge in [0.1, 0.15) is 11.6 Å². The first-order valence-corrected chi connectivity index (χ1v) is 5.88. The van der Waals surface area contributed by atoms with Crippen molar-refractivity contribution in [3.8, 4) is 11.4 Å². The van der Waals surface area contributed by atoms with Crippen molar-refractivity contribution in [3.63, 3.8) is 0 Å². The fourth-order valence-corrected chi connectivity index (χ4v) is 1.69. The average Bonchev–Trinajstić information content (AvgIpc) is 2.31. The summed E-state index contributed by atoms with van der Waals surface area (Å²) in [7, 11) is 0. The van der Waals surface area contributed by atoms with Crippen LogP contribution in [0.4, 0.5) is 10.2 Å². The maximum atomic E-state index is 13.2. The molecule has 2 rings (SSSR count). The number of rotatable bonds is 2. The van der Waals surface area contributed by atoms with Crippen LogP contribution in [-0.2, 0) is 0 Å². The summed E-state index contributed by atoms with van der Waals surface area (Å²) in [5, 5.41) is 0. The summed E-state index contributed by atoms with van der Waals surface area (Å²) >= 11 is 0. The first-order valence-electron chi connectivity index (χ1n) is 5.88. The summed E-state index contributed by atoms with van der Waals surface area (Å²) < 4.78 is 13.2. The van der Waals surface area contributed by atoms with E-state index in [1.54, 1.807) is 25.1 Å². The lowest BCUT2D eigenvalue weighted by Gasteiger charge is -2.09.